The molecule has 0 N–H and O–H groups in total. The molecule has 2 aromatic carbocycles. The Kier molecular flexibility index (Phi) is 6.58. The van der Waals surface area contributed by atoms with Gasteiger partial charge < -0.3 is 0 Å². The van der Waals surface area contributed by atoms with Gasteiger partial charge in [0.25, 0.3) is 10.0 Å². The van der Waals surface area contributed by atoms with Crippen LogP contribution in [0.3, 0.4) is 0 Å². The fourth-order valence-corrected chi connectivity index (χ4v) is 6.59. The maximum absolute atomic E-state index is 13.6. The van der Waals surface area contributed by atoms with Crippen molar-refractivity contribution in [3.05, 3.63) is 95.4 Å². The first-order valence-electron chi connectivity index (χ1n) is 10.5. The summed E-state index contributed by atoms with van der Waals surface area (Å²) in [5.74, 6) is 1.35. The van der Waals surface area contributed by atoms with Crippen LogP contribution in [-0.2, 0) is 15.8 Å². The van der Waals surface area contributed by atoms with Crippen molar-refractivity contribution in [2.45, 2.75) is 36.6 Å². The summed E-state index contributed by atoms with van der Waals surface area (Å²) in [6, 6.07) is 17.1. The number of nitrogens with zero attached hydrogens (tertiary/aromatic N) is 4. The number of hydrogen-bond acceptors (Lipinski definition) is 5. The van der Waals surface area contributed by atoms with E-state index in [0.717, 1.165) is 33.2 Å². The van der Waals surface area contributed by atoms with Gasteiger partial charge in [0, 0.05) is 31.4 Å². The molecule has 33 heavy (non-hydrogen) atoms. The van der Waals surface area contributed by atoms with Gasteiger partial charge in [-0.05, 0) is 55.7 Å². The SMILES string of the molecule is Cc1cc(C)c(S(=O)(=O)N(C)c2ccccc2CSc2nccn2-c2ccccn2)c(C)c1. The molecule has 4 aromatic rings. The molecule has 0 aliphatic carbocycles. The Morgan fingerprint density at radius 1 is 0.939 bits per heavy atom. The second-order valence-corrected chi connectivity index (χ2v) is 10.7. The van der Waals surface area contributed by atoms with Gasteiger partial charge in [-0.3, -0.25) is 8.87 Å². The van der Waals surface area contributed by atoms with Crippen molar-refractivity contribution in [2.24, 2.45) is 0 Å². The molecule has 2 aromatic heterocycles. The van der Waals surface area contributed by atoms with Gasteiger partial charge in [-0.25, -0.2) is 18.4 Å². The van der Waals surface area contributed by atoms with Crippen molar-refractivity contribution in [3.63, 3.8) is 0 Å². The number of pyridine rings is 1. The largest absolute Gasteiger partial charge is 0.279 e. The number of aromatic nitrogens is 3. The fraction of sp³-hybridized carbons (Fsp3) is 0.200. The molecule has 170 valence electrons. The van der Waals surface area contributed by atoms with Crippen LogP contribution in [0.15, 0.2) is 83.2 Å². The number of benzene rings is 2. The molecule has 0 aliphatic heterocycles. The van der Waals surface area contributed by atoms with Crippen molar-refractivity contribution < 1.29 is 8.42 Å². The highest BCUT2D eigenvalue weighted by atomic mass is 32.2. The molecule has 0 saturated heterocycles. The second-order valence-electron chi connectivity index (χ2n) is 7.89. The zero-order valence-corrected chi connectivity index (χ0v) is 20.7. The fourth-order valence-electron chi connectivity index (χ4n) is 3.99. The van der Waals surface area contributed by atoms with Gasteiger partial charge in [0.2, 0.25) is 0 Å². The standard InChI is InChI=1S/C25H26N4O2S2/c1-18-15-19(2)24(20(3)16-18)33(30,31)28(4)22-10-6-5-9-21(22)17-32-25-27-13-14-29(25)23-11-7-8-12-26-23/h5-16H,17H2,1-4H3. The van der Waals surface area contributed by atoms with Crippen molar-refractivity contribution in [1.29, 1.82) is 0 Å². The third-order valence-corrected chi connectivity index (χ3v) is 8.51. The molecule has 0 unspecified atom stereocenters. The normalized spacial score (nSPS) is 11.5. The number of aryl methyl sites for hydroxylation is 3. The smallest absolute Gasteiger partial charge is 0.264 e. The van der Waals surface area contributed by atoms with E-state index in [-0.39, 0.29) is 0 Å². The van der Waals surface area contributed by atoms with Gasteiger partial charge in [-0.1, -0.05) is 53.7 Å². The summed E-state index contributed by atoms with van der Waals surface area (Å²) in [6.07, 6.45) is 5.35. The highest BCUT2D eigenvalue weighted by Gasteiger charge is 2.27. The molecule has 0 aliphatic rings. The van der Waals surface area contributed by atoms with Crippen LogP contribution < -0.4 is 4.31 Å². The maximum atomic E-state index is 13.6. The van der Waals surface area contributed by atoms with E-state index in [2.05, 4.69) is 9.97 Å². The van der Waals surface area contributed by atoms with E-state index in [9.17, 15) is 8.42 Å². The van der Waals surface area contributed by atoms with Gasteiger partial charge in [0.1, 0.15) is 5.82 Å². The Labute approximate surface area is 199 Å². The third kappa shape index (κ3) is 4.67. The summed E-state index contributed by atoms with van der Waals surface area (Å²) < 4.78 is 30.5. The molecule has 2 heterocycles. The average Bonchev–Trinajstić information content (AvgIpc) is 3.26. The van der Waals surface area contributed by atoms with Gasteiger partial charge in [0.15, 0.2) is 5.16 Å². The molecule has 0 amide bonds. The minimum absolute atomic E-state index is 0.365. The summed E-state index contributed by atoms with van der Waals surface area (Å²) in [4.78, 5) is 9.22. The zero-order valence-electron chi connectivity index (χ0n) is 19.1. The molecule has 0 fully saturated rings. The summed E-state index contributed by atoms with van der Waals surface area (Å²) >= 11 is 1.54. The lowest BCUT2D eigenvalue weighted by molar-refractivity contribution is 0.593. The summed E-state index contributed by atoms with van der Waals surface area (Å²) in [5, 5.41) is 0.791. The number of thioether (sulfide) groups is 1. The van der Waals surface area contributed by atoms with Gasteiger partial charge in [-0.2, -0.15) is 0 Å². The van der Waals surface area contributed by atoms with Gasteiger partial charge in [0.05, 0.1) is 10.6 Å². The van der Waals surface area contributed by atoms with E-state index in [4.69, 9.17) is 0 Å². The van der Waals surface area contributed by atoms with E-state index in [0.29, 0.717) is 16.3 Å². The molecule has 0 spiro atoms. The quantitative estimate of drug-likeness (QED) is 0.337. The van der Waals surface area contributed by atoms with Gasteiger partial charge >= 0.3 is 0 Å². The Balaban J connectivity index is 1.63. The second kappa shape index (κ2) is 9.41. The number of imidazole rings is 1. The van der Waals surface area contributed by atoms with E-state index >= 15 is 0 Å². The number of para-hydroxylation sites is 1. The molecular weight excluding hydrogens is 452 g/mol. The first kappa shape index (κ1) is 23.1. The molecule has 8 heteroatoms. The van der Waals surface area contributed by atoms with E-state index in [1.807, 2.05) is 86.1 Å². The summed E-state index contributed by atoms with van der Waals surface area (Å²) in [7, 11) is -2.11. The van der Waals surface area contributed by atoms with Crippen LogP contribution in [0.4, 0.5) is 5.69 Å². The van der Waals surface area contributed by atoms with Crippen molar-refractivity contribution >= 4 is 27.5 Å². The van der Waals surface area contributed by atoms with Crippen LogP contribution in [0.1, 0.15) is 22.3 Å². The third-order valence-electron chi connectivity index (χ3n) is 5.41. The highest BCUT2D eigenvalue weighted by molar-refractivity contribution is 7.98. The van der Waals surface area contributed by atoms with Crippen LogP contribution in [0.25, 0.3) is 5.82 Å². The van der Waals surface area contributed by atoms with Crippen molar-refractivity contribution in [3.8, 4) is 5.82 Å². The van der Waals surface area contributed by atoms with Crippen LogP contribution in [0.5, 0.6) is 0 Å². The number of rotatable bonds is 7. The number of hydrogen-bond donors (Lipinski definition) is 0. The number of anilines is 1. The maximum Gasteiger partial charge on any atom is 0.264 e. The zero-order chi connectivity index (χ0) is 23.6. The Hall–Kier alpha value is -3.10. The molecule has 0 saturated carbocycles. The van der Waals surface area contributed by atoms with E-state index < -0.39 is 10.0 Å². The molecule has 4 rings (SSSR count). The van der Waals surface area contributed by atoms with E-state index in [1.54, 1.807) is 19.4 Å². The van der Waals surface area contributed by atoms with E-state index in [1.165, 1.54) is 16.1 Å². The molecule has 0 radical (unpaired) electrons. The minimum atomic E-state index is -3.72. The predicted octanol–water partition coefficient (Wildman–Crippen LogP) is 5.31. The van der Waals surface area contributed by atoms with Crippen LogP contribution in [-0.4, -0.2) is 30.0 Å². The monoisotopic (exact) mass is 478 g/mol. The lowest BCUT2D eigenvalue weighted by Crippen LogP contribution is -2.28. The minimum Gasteiger partial charge on any atom is -0.279 e. The van der Waals surface area contributed by atoms with Crippen LogP contribution in [0.2, 0.25) is 0 Å². The average molecular weight is 479 g/mol. The van der Waals surface area contributed by atoms with Crippen molar-refractivity contribution in [1.82, 2.24) is 14.5 Å². The van der Waals surface area contributed by atoms with Crippen molar-refractivity contribution in [2.75, 3.05) is 11.4 Å². The summed E-state index contributed by atoms with van der Waals surface area (Å²) in [6.45, 7) is 5.67. The Morgan fingerprint density at radius 2 is 1.64 bits per heavy atom. The predicted molar refractivity (Wildman–Crippen MR) is 134 cm³/mol. The lowest BCUT2D eigenvalue weighted by Gasteiger charge is -2.24. The van der Waals surface area contributed by atoms with Crippen LogP contribution >= 0.6 is 11.8 Å². The molecule has 0 atom stereocenters. The molecular formula is C25H26N4O2S2. The number of sulfonamides is 1. The Bertz CT molecular complexity index is 1360. The topological polar surface area (TPSA) is 68.1 Å². The van der Waals surface area contributed by atoms with Gasteiger partial charge in [-0.15, -0.1) is 0 Å². The highest BCUT2D eigenvalue weighted by Crippen LogP contribution is 2.33. The first-order chi connectivity index (χ1) is 15.8. The summed E-state index contributed by atoms with van der Waals surface area (Å²) in [5.41, 5.74) is 4.12. The van der Waals surface area contributed by atoms with Crippen LogP contribution in [0, 0.1) is 20.8 Å². The molecule has 0 bridgehead atoms. The Morgan fingerprint density at radius 3 is 2.33 bits per heavy atom. The lowest BCUT2D eigenvalue weighted by atomic mass is 10.1. The first-order valence-corrected chi connectivity index (χ1v) is 12.9. The molecule has 6 nitrogen and oxygen atoms in total.